The standard InChI is InChI=1S/C13H12ClNO2S/c1-8-6-9(16)2-4-11(8)13(17)15-7-10-3-5-12(14)18-10/h2-6,16H,7H2,1H3,(H,15,17). The summed E-state index contributed by atoms with van der Waals surface area (Å²) < 4.78 is 0.708. The van der Waals surface area contributed by atoms with Crippen molar-refractivity contribution in [1.29, 1.82) is 0 Å². The van der Waals surface area contributed by atoms with Crippen molar-refractivity contribution in [1.82, 2.24) is 5.32 Å². The Labute approximate surface area is 114 Å². The molecule has 5 heteroatoms. The van der Waals surface area contributed by atoms with Gasteiger partial charge in [0.05, 0.1) is 10.9 Å². The molecule has 0 aliphatic carbocycles. The zero-order chi connectivity index (χ0) is 13.1. The topological polar surface area (TPSA) is 49.3 Å². The first-order chi connectivity index (χ1) is 8.56. The lowest BCUT2D eigenvalue weighted by molar-refractivity contribution is 0.0950. The fourth-order valence-corrected chi connectivity index (χ4v) is 2.64. The van der Waals surface area contributed by atoms with Gasteiger partial charge in [-0.2, -0.15) is 0 Å². The number of halogens is 1. The zero-order valence-corrected chi connectivity index (χ0v) is 11.3. The van der Waals surface area contributed by atoms with Gasteiger partial charge in [0.25, 0.3) is 5.91 Å². The van der Waals surface area contributed by atoms with Crippen LogP contribution in [0.5, 0.6) is 5.75 Å². The molecule has 2 N–H and O–H groups in total. The number of benzene rings is 1. The Morgan fingerprint density at radius 3 is 2.78 bits per heavy atom. The van der Waals surface area contributed by atoms with E-state index in [1.165, 1.54) is 17.4 Å². The first kappa shape index (κ1) is 12.9. The normalized spacial score (nSPS) is 10.3. The van der Waals surface area contributed by atoms with Gasteiger partial charge >= 0.3 is 0 Å². The quantitative estimate of drug-likeness (QED) is 0.906. The predicted molar refractivity (Wildman–Crippen MR) is 73.3 cm³/mol. The molecule has 1 heterocycles. The monoisotopic (exact) mass is 281 g/mol. The van der Waals surface area contributed by atoms with Crippen molar-refractivity contribution in [2.45, 2.75) is 13.5 Å². The fourth-order valence-electron chi connectivity index (χ4n) is 1.61. The van der Waals surface area contributed by atoms with Crippen LogP contribution in [0.3, 0.4) is 0 Å². The lowest BCUT2D eigenvalue weighted by Gasteiger charge is -2.07. The van der Waals surface area contributed by atoms with Crippen LogP contribution in [-0.4, -0.2) is 11.0 Å². The fraction of sp³-hybridized carbons (Fsp3) is 0.154. The van der Waals surface area contributed by atoms with Crippen molar-refractivity contribution >= 4 is 28.8 Å². The van der Waals surface area contributed by atoms with Crippen LogP contribution in [0, 0.1) is 6.92 Å². The van der Waals surface area contributed by atoms with Gasteiger partial charge in [-0.1, -0.05) is 11.6 Å². The third kappa shape index (κ3) is 3.03. The molecule has 0 saturated carbocycles. The molecule has 0 fully saturated rings. The van der Waals surface area contributed by atoms with E-state index in [1.807, 2.05) is 6.07 Å². The molecule has 0 atom stereocenters. The molecule has 0 aliphatic rings. The van der Waals surface area contributed by atoms with E-state index in [0.717, 1.165) is 10.4 Å². The van der Waals surface area contributed by atoms with E-state index < -0.39 is 0 Å². The average molecular weight is 282 g/mol. The van der Waals surface area contributed by atoms with Gasteiger partial charge in [-0.05, 0) is 42.8 Å². The Morgan fingerprint density at radius 1 is 1.39 bits per heavy atom. The molecule has 94 valence electrons. The summed E-state index contributed by atoms with van der Waals surface area (Å²) in [6, 6.07) is 8.37. The molecule has 18 heavy (non-hydrogen) atoms. The highest BCUT2D eigenvalue weighted by Gasteiger charge is 2.09. The van der Waals surface area contributed by atoms with Crippen LogP contribution in [0.25, 0.3) is 0 Å². The number of nitrogens with one attached hydrogen (secondary N) is 1. The maximum Gasteiger partial charge on any atom is 0.251 e. The number of aromatic hydroxyl groups is 1. The van der Waals surface area contributed by atoms with Crippen molar-refractivity contribution in [3.8, 4) is 5.75 Å². The van der Waals surface area contributed by atoms with Crippen molar-refractivity contribution in [3.05, 3.63) is 50.7 Å². The summed E-state index contributed by atoms with van der Waals surface area (Å²) in [6.45, 7) is 2.24. The number of thiophene rings is 1. The molecular formula is C13H12ClNO2S. The second kappa shape index (κ2) is 5.42. The van der Waals surface area contributed by atoms with Gasteiger partial charge in [0.15, 0.2) is 0 Å². The molecule has 1 amide bonds. The molecule has 2 aromatic rings. The minimum atomic E-state index is -0.156. The zero-order valence-electron chi connectivity index (χ0n) is 9.74. The summed E-state index contributed by atoms with van der Waals surface area (Å²) in [6.07, 6.45) is 0. The van der Waals surface area contributed by atoms with Gasteiger partial charge in [0, 0.05) is 10.4 Å². The molecule has 3 nitrogen and oxygen atoms in total. The number of amides is 1. The minimum absolute atomic E-state index is 0.156. The van der Waals surface area contributed by atoms with Crippen molar-refractivity contribution in [2.75, 3.05) is 0 Å². The molecule has 0 bridgehead atoms. The van der Waals surface area contributed by atoms with Crippen LogP contribution >= 0.6 is 22.9 Å². The Morgan fingerprint density at radius 2 is 2.17 bits per heavy atom. The highest BCUT2D eigenvalue weighted by atomic mass is 35.5. The van der Waals surface area contributed by atoms with E-state index in [-0.39, 0.29) is 11.7 Å². The molecule has 0 saturated heterocycles. The predicted octanol–water partition coefficient (Wildman–Crippen LogP) is 3.35. The van der Waals surface area contributed by atoms with Crippen LogP contribution in [0.2, 0.25) is 4.34 Å². The lowest BCUT2D eigenvalue weighted by atomic mass is 10.1. The number of carbonyl (C=O) groups is 1. The third-order valence-electron chi connectivity index (χ3n) is 2.51. The van der Waals surface area contributed by atoms with Crippen LogP contribution < -0.4 is 5.32 Å². The summed E-state index contributed by atoms with van der Waals surface area (Å²) in [7, 11) is 0. The van der Waals surface area contributed by atoms with Crippen LogP contribution in [0.15, 0.2) is 30.3 Å². The van der Waals surface area contributed by atoms with Gasteiger partial charge in [0.1, 0.15) is 5.75 Å². The number of carbonyl (C=O) groups excluding carboxylic acids is 1. The van der Waals surface area contributed by atoms with Crippen molar-refractivity contribution in [3.63, 3.8) is 0 Å². The van der Waals surface area contributed by atoms with Gasteiger partial charge in [-0.15, -0.1) is 11.3 Å². The summed E-state index contributed by atoms with van der Waals surface area (Å²) in [4.78, 5) is 12.9. The van der Waals surface area contributed by atoms with Gasteiger partial charge in [-0.3, -0.25) is 4.79 Å². The Bertz CT molecular complexity index is 580. The molecule has 1 aromatic heterocycles. The summed E-state index contributed by atoms with van der Waals surface area (Å²) in [5.74, 6) is 0.00566. The van der Waals surface area contributed by atoms with Crippen LogP contribution in [0.4, 0.5) is 0 Å². The number of phenolic OH excluding ortho intramolecular Hbond substituents is 1. The minimum Gasteiger partial charge on any atom is -0.508 e. The Balaban J connectivity index is 2.03. The van der Waals surface area contributed by atoms with E-state index in [2.05, 4.69) is 5.32 Å². The second-order valence-electron chi connectivity index (χ2n) is 3.89. The Kier molecular flexibility index (Phi) is 3.89. The lowest BCUT2D eigenvalue weighted by Crippen LogP contribution is -2.23. The molecule has 2 rings (SSSR count). The van der Waals surface area contributed by atoms with E-state index in [4.69, 9.17) is 11.6 Å². The van der Waals surface area contributed by atoms with Crippen molar-refractivity contribution < 1.29 is 9.90 Å². The van der Waals surface area contributed by atoms with Crippen molar-refractivity contribution in [2.24, 2.45) is 0 Å². The van der Waals surface area contributed by atoms with Gasteiger partial charge in [0.2, 0.25) is 0 Å². The largest absolute Gasteiger partial charge is 0.508 e. The summed E-state index contributed by atoms with van der Waals surface area (Å²) in [5, 5.41) is 12.1. The van der Waals surface area contributed by atoms with Gasteiger partial charge < -0.3 is 10.4 Å². The molecular weight excluding hydrogens is 270 g/mol. The first-order valence-electron chi connectivity index (χ1n) is 5.38. The molecule has 0 radical (unpaired) electrons. The second-order valence-corrected chi connectivity index (χ2v) is 5.69. The molecule has 0 aliphatic heterocycles. The maximum atomic E-state index is 11.9. The third-order valence-corrected chi connectivity index (χ3v) is 3.74. The van der Waals surface area contributed by atoms with Gasteiger partial charge in [-0.25, -0.2) is 0 Å². The van der Waals surface area contributed by atoms with E-state index >= 15 is 0 Å². The number of phenols is 1. The first-order valence-corrected chi connectivity index (χ1v) is 6.58. The SMILES string of the molecule is Cc1cc(O)ccc1C(=O)NCc1ccc(Cl)s1. The number of hydrogen-bond acceptors (Lipinski definition) is 3. The van der Waals surface area contributed by atoms with Crippen LogP contribution in [0.1, 0.15) is 20.8 Å². The molecule has 0 spiro atoms. The number of hydrogen-bond donors (Lipinski definition) is 2. The highest BCUT2D eigenvalue weighted by Crippen LogP contribution is 2.21. The maximum absolute atomic E-state index is 11.9. The molecule has 0 unspecified atom stereocenters. The smallest absolute Gasteiger partial charge is 0.251 e. The van der Waals surface area contributed by atoms with E-state index in [1.54, 1.807) is 25.1 Å². The summed E-state index contributed by atoms with van der Waals surface area (Å²) >= 11 is 7.26. The van der Waals surface area contributed by atoms with E-state index in [9.17, 15) is 9.90 Å². The van der Waals surface area contributed by atoms with E-state index in [0.29, 0.717) is 16.4 Å². The highest BCUT2D eigenvalue weighted by molar-refractivity contribution is 7.16. The number of rotatable bonds is 3. The Hall–Kier alpha value is -1.52. The molecule has 1 aromatic carbocycles. The van der Waals surface area contributed by atoms with Crippen LogP contribution in [-0.2, 0) is 6.54 Å². The average Bonchev–Trinajstić information content (AvgIpc) is 2.72. The summed E-state index contributed by atoms with van der Waals surface area (Å²) in [5.41, 5.74) is 1.31. The number of aryl methyl sites for hydroxylation is 1.